The van der Waals surface area contributed by atoms with Gasteiger partial charge in [-0.1, -0.05) is 32.0 Å². The Morgan fingerprint density at radius 3 is 2.67 bits per heavy atom. The van der Waals surface area contributed by atoms with Gasteiger partial charge < -0.3 is 14.6 Å². The zero-order valence-corrected chi connectivity index (χ0v) is 16.7. The fourth-order valence-electron chi connectivity index (χ4n) is 3.63. The molecule has 0 amide bonds. The largest absolute Gasteiger partial charge is 0.422 e. The van der Waals surface area contributed by atoms with Crippen LogP contribution in [0.2, 0.25) is 0 Å². The van der Waals surface area contributed by atoms with Crippen LogP contribution in [-0.2, 0) is 0 Å². The number of anilines is 1. The zero-order valence-electron chi connectivity index (χ0n) is 16.7. The third-order valence-electron chi connectivity index (χ3n) is 5.18. The normalized spacial score (nSPS) is 12.8. The minimum absolute atomic E-state index is 0.316. The third kappa shape index (κ3) is 4.30. The van der Waals surface area contributed by atoms with E-state index in [2.05, 4.69) is 36.0 Å². The maximum absolute atomic E-state index is 12.4. The van der Waals surface area contributed by atoms with Crippen LogP contribution in [0.3, 0.4) is 0 Å². The molecule has 2 heterocycles. The molecule has 3 aromatic rings. The number of hydrogen-bond acceptors (Lipinski definition) is 5. The number of nitrogens with one attached hydrogen (secondary N) is 1. The van der Waals surface area contributed by atoms with Crippen LogP contribution in [0.25, 0.3) is 21.7 Å². The number of hydrogen-bond donors (Lipinski definition) is 1. The molecule has 0 aliphatic carbocycles. The van der Waals surface area contributed by atoms with Crippen molar-refractivity contribution in [1.82, 2.24) is 9.88 Å². The lowest BCUT2D eigenvalue weighted by molar-refractivity contribution is 0.295. The fraction of sp³-hybridized carbons (Fsp3) is 0.455. The molecule has 0 spiro atoms. The van der Waals surface area contributed by atoms with E-state index in [0.717, 1.165) is 49.1 Å². The summed E-state index contributed by atoms with van der Waals surface area (Å²) in [6.45, 7) is 11.8. The number of rotatable bonds is 8. The van der Waals surface area contributed by atoms with E-state index in [1.165, 1.54) is 0 Å². The average molecular weight is 367 g/mol. The second-order valence-electron chi connectivity index (χ2n) is 7.12. The second-order valence-corrected chi connectivity index (χ2v) is 7.12. The zero-order chi connectivity index (χ0) is 19.4. The number of aromatic nitrogens is 1. The van der Waals surface area contributed by atoms with E-state index in [0.29, 0.717) is 22.7 Å². The number of para-hydroxylation sites is 1. The molecule has 0 saturated heterocycles. The van der Waals surface area contributed by atoms with E-state index in [1.54, 1.807) is 0 Å². The van der Waals surface area contributed by atoms with Crippen LogP contribution in [0.5, 0.6) is 0 Å². The molecule has 0 fully saturated rings. The molecule has 5 nitrogen and oxygen atoms in total. The Morgan fingerprint density at radius 2 is 1.93 bits per heavy atom. The summed E-state index contributed by atoms with van der Waals surface area (Å²) < 4.78 is 5.45. The average Bonchev–Trinajstić information content (AvgIpc) is 2.65. The predicted octanol–water partition coefficient (Wildman–Crippen LogP) is 4.57. The molecule has 0 radical (unpaired) electrons. The van der Waals surface area contributed by atoms with Crippen LogP contribution in [-0.4, -0.2) is 35.6 Å². The van der Waals surface area contributed by atoms with Crippen molar-refractivity contribution >= 4 is 27.6 Å². The van der Waals surface area contributed by atoms with Crippen molar-refractivity contribution in [2.24, 2.45) is 0 Å². The molecular weight excluding hydrogens is 338 g/mol. The molecule has 1 atom stereocenters. The maximum atomic E-state index is 12.4. The summed E-state index contributed by atoms with van der Waals surface area (Å²) in [6.07, 6.45) is 2.22. The molecule has 1 unspecified atom stereocenters. The van der Waals surface area contributed by atoms with Crippen LogP contribution in [0.4, 0.5) is 5.82 Å². The summed E-state index contributed by atoms with van der Waals surface area (Å²) in [6, 6.07) is 9.94. The van der Waals surface area contributed by atoms with Gasteiger partial charge in [0.25, 0.3) is 0 Å². The summed E-state index contributed by atoms with van der Waals surface area (Å²) >= 11 is 0. The van der Waals surface area contributed by atoms with Crippen molar-refractivity contribution in [2.45, 2.75) is 46.6 Å². The number of aryl methyl sites for hydroxylation is 1. The van der Waals surface area contributed by atoms with Crippen molar-refractivity contribution in [3.63, 3.8) is 0 Å². The highest BCUT2D eigenvalue weighted by molar-refractivity contribution is 6.05. The smallest absolute Gasteiger partial charge is 0.346 e. The van der Waals surface area contributed by atoms with E-state index in [9.17, 15) is 4.79 Å². The summed E-state index contributed by atoms with van der Waals surface area (Å²) in [5.74, 6) is 0.811. The molecule has 0 aliphatic rings. The Labute approximate surface area is 160 Å². The van der Waals surface area contributed by atoms with Gasteiger partial charge in [0.1, 0.15) is 11.4 Å². The minimum atomic E-state index is -0.326. The third-order valence-corrected chi connectivity index (χ3v) is 5.18. The first-order chi connectivity index (χ1) is 13.0. The summed E-state index contributed by atoms with van der Waals surface area (Å²) in [5.41, 5.74) is 0.983. The highest BCUT2D eigenvalue weighted by Crippen LogP contribution is 2.26. The van der Waals surface area contributed by atoms with Gasteiger partial charge >= 0.3 is 5.63 Å². The van der Waals surface area contributed by atoms with Gasteiger partial charge in [0.15, 0.2) is 0 Å². The van der Waals surface area contributed by atoms with Gasteiger partial charge in [-0.3, -0.25) is 0 Å². The summed E-state index contributed by atoms with van der Waals surface area (Å²) in [5, 5.41) is 5.91. The van der Waals surface area contributed by atoms with Crippen LogP contribution in [0.15, 0.2) is 39.5 Å². The van der Waals surface area contributed by atoms with E-state index in [-0.39, 0.29) is 5.63 Å². The van der Waals surface area contributed by atoms with E-state index >= 15 is 0 Å². The van der Waals surface area contributed by atoms with Gasteiger partial charge in [-0.15, -0.1) is 0 Å². The first-order valence-corrected chi connectivity index (χ1v) is 9.85. The molecule has 3 rings (SSSR count). The highest BCUT2D eigenvalue weighted by atomic mass is 16.4. The molecule has 0 aliphatic heterocycles. The van der Waals surface area contributed by atoms with Crippen molar-refractivity contribution in [1.29, 1.82) is 0 Å². The molecular formula is C22H29N3O2. The van der Waals surface area contributed by atoms with Gasteiger partial charge in [0.2, 0.25) is 0 Å². The Hall–Kier alpha value is -2.40. The lowest BCUT2D eigenvalue weighted by Crippen LogP contribution is -2.25. The van der Waals surface area contributed by atoms with Crippen LogP contribution < -0.4 is 10.9 Å². The minimum Gasteiger partial charge on any atom is -0.422 e. The Bertz CT molecular complexity index is 976. The van der Waals surface area contributed by atoms with Gasteiger partial charge in [-0.05, 0) is 58.5 Å². The monoisotopic (exact) mass is 367 g/mol. The van der Waals surface area contributed by atoms with E-state index in [1.807, 2.05) is 37.3 Å². The molecule has 5 heteroatoms. The Balaban J connectivity index is 1.83. The van der Waals surface area contributed by atoms with Gasteiger partial charge in [0.05, 0.1) is 11.1 Å². The van der Waals surface area contributed by atoms with Crippen LogP contribution in [0, 0.1) is 6.92 Å². The van der Waals surface area contributed by atoms with Crippen LogP contribution in [0.1, 0.15) is 39.3 Å². The molecule has 1 N–H and O–H groups in total. The first-order valence-electron chi connectivity index (χ1n) is 9.85. The second kappa shape index (κ2) is 8.53. The lowest BCUT2D eigenvalue weighted by Gasteiger charge is -2.20. The van der Waals surface area contributed by atoms with E-state index in [4.69, 9.17) is 4.42 Å². The maximum Gasteiger partial charge on any atom is 0.346 e. The summed E-state index contributed by atoms with van der Waals surface area (Å²) in [7, 11) is 0. The Kier molecular flexibility index (Phi) is 6.11. The van der Waals surface area contributed by atoms with Crippen molar-refractivity contribution in [3.8, 4) is 0 Å². The number of benzene rings is 1. The standard InChI is InChI=1S/C22H29N3O2/c1-5-25(6-2)13-9-10-15(3)23-20-14-18-17-11-7-8-12-19(17)27-22(26)21(18)16(4)24-20/h7-8,11-12,14-15H,5-6,9-10,13H2,1-4H3,(H,23,24). The first kappa shape index (κ1) is 19.4. The molecule has 144 valence electrons. The van der Waals surface area contributed by atoms with Crippen molar-refractivity contribution < 1.29 is 4.42 Å². The molecule has 2 aromatic heterocycles. The lowest BCUT2D eigenvalue weighted by atomic mass is 10.1. The van der Waals surface area contributed by atoms with Gasteiger partial charge in [-0.25, -0.2) is 9.78 Å². The molecule has 0 saturated carbocycles. The van der Waals surface area contributed by atoms with E-state index < -0.39 is 0 Å². The Morgan fingerprint density at radius 1 is 1.19 bits per heavy atom. The van der Waals surface area contributed by atoms with Gasteiger partial charge in [0, 0.05) is 16.8 Å². The van der Waals surface area contributed by atoms with Crippen molar-refractivity contribution in [2.75, 3.05) is 25.0 Å². The summed E-state index contributed by atoms with van der Waals surface area (Å²) in [4.78, 5) is 19.4. The predicted molar refractivity (Wildman–Crippen MR) is 113 cm³/mol. The number of pyridine rings is 1. The topological polar surface area (TPSA) is 58.4 Å². The molecule has 0 bridgehead atoms. The molecule has 27 heavy (non-hydrogen) atoms. The quantitative estimate of drug-likeness (QED) is 0.467. The van der Waals surface area contributed by atoms with Gasteiger partial charge in [-0.2, -0.15) is 0 Å². The highest BCUT2D eigenvalue weighted by Gasteiger charge is 2.13. The SMILES string of the molecule is CCN(CC)CCCC(C)Nc1cc2c(c(C)n1)c(=O)oc1ccccc12. The fourth-order valence-corrected chi connectivity index (χ4v) is 3.63. The van der Waals surface area contributed by atoms with Crippen LogP contribution >= 0.6 is 0 Å². The van der Waals surface area contributed by atoms with Crippen molar-refractivity contribution in [3.05, 3.63) is 46.4 Å². The number of fused-ring (bicyclic) bond motifs is 3. The number of nitrogens with zero attached hydrogens (tertiary/aromatic N) is 2. The molecule has 1 aromatic carbocycles.